The molecule has 3 rings (SSSR count). The fraction of sp³-hybridized carbons (Fsp3) is 0.500. The summed E-state index contributed by atoms with van der Waals surface area (Å²) in [5, 5.41) is 1.20. The number of aromatic nitrogens is 2. The molecule has 6 nitrogen and oxygen atoms in total. The molecule has 1 saturated heterocycles. The van der Waals surface area contributed by atoms with Gasteiger partial charge >= 0.3 is 0 Å². The maximum Gasteiger partial charge on any atom is 0.262 e. The molecule has 0 aliphatic carbocycles. The Balaban J connectivity index is 2.04. The number of halogens is 1. The number of ether oxygens (including phenoxy) is 1. The number of fused-ring (bicyclic) bond motifs is 1. The number of carbonyl (C=O) groups excluding carboxylic acids is 1. The molecule has 26 heavy (non-hydrogen) atoms. The van der Waals surface area contributed by atoms with Crippen LogP contribution in [0.15, 0.2) is 28.2 Å². The molecule has 1 aliphatic rings. The minimum atomic E-state index is -0.357. The highest BCUT2D eigenvalue weighted by Crippen LogP contribution is 2.26. The summed E-state index contributed by atoms with van der Waals surface area (Å²) < 4.78 is 7.33. The number of thioether (sulfide) groups is 1. The molecule has 0 radical (unpaired) electrons. The van der Waals surface area contributed by atoms with Crippen molar-refractivity contribution in [1.82, 2.24) is 14.5 Å². The number of nitrogens with zero attached hydrogens (tertiary/aromatic N) is 3. The molecule has 1 fully saturated rings. The fourth-order valence-electron chi connectivity index (χ4n) is 2.99. The number of hydrogen-bond acceptors (Lipinski definition) is 5. The van der Waals surface area contributed by atoms with Crippen LogP contribution < -0.4 is 5.56 Å². The number of benzene rings is 1. The van der Waals surface area contributed by atoms with Gasteiger partial charge in [-0.3, -0.25) is 14.2 Å². The van der Waals surface area contributed by atoms with Crippen molar-refractivity contribution in [1.29, 1.82) is 0 Å². The van der Waals surface area contributed by atoms with Crippen molar-refractivity contribution in [2.45, 2.75) is 42.8 Å². The van der Waals surface area contributed by atoms with Crippen molar-refractivity contribution in [2.75, 3.05) is 20.7 Å². The predicted molar refractivity (Wildman–Crippen MR) is 104 cm³/mol. The number of rotatable bonds is 5. The van der Waals surface area contributed by atoms with Gasteiger partial charge in [0.25, 0.3) is 5.56 Å². The molecule has 1 amide bonds. The van der Waals surface area contributed by atoms with Crippen LogP contribution in [0.3, 0.4) is 0 Å². The Morgan fingerprint density at radius 2 is 2.27 bits per heavy atom. The molecule has 1 aromatic heterocycles. The average molecular weight is 396 g/mol. The van der Waals surface area contributed by atoms with E-state index in [2.05, 4.69) is 4.98 Å². The van der Waals surface area contributed by atoms with Gasteiger partial charge in [0.1, 0.15) is 0 Å². The van der Waals surface area contributed by atoms with E-state index in [1.54, 1.807) is 36.9 Å². The first-order valence-electron chi connectivity index (χ1n) is 8.56. The predicted octanol–water partition coefficient (Wildman–Crippen LogP) is 2.80. The zero-order valence-corrected chi connectivity index (χ0v) is 16.6. The molecule has 2 atom stereocenters. The maximum absolute atomic E-state index is 13.0. The lowest BCUT2D eigenvalue weighted by molar-refractivity contribution is -0.127. The first-order valence-corrected chi connectivity index (χ1v) is 9.82. The lowest BCUT2D eigenvalue weighted by Gasteiger charge is -2.20. The molecule has 2 heterocycles. The quantitative estimate of drug-likeness (QED) is 0.575. The molecule has 1 aromatic carbocycles. The van der Waals surface area contributed by atoms with E-state index in [1.165, 1.54) is 16.7 Å². The van der Waals surface area contributed by atoms with Gasteiger partial charge in [0.15, 0.2) is 5.16 Å². The lowest BCUT2D eigenvalue weighted by Crippen LogP contribution is -2.32. The van der Waals surface area contributed by atoms with Crippen LogP contribution in [-0.4, -0.2) is 52.4 Å². The van der Waals surface area contributed by atoms with Crippen LogP contribution in [0.25, 0.3) is 10.9 Å². The van der Waals surface area contributed by atoms with Gasteiger partial charge in [0.05, 0.1) is 28.8 Å². The monoisotopic (exact) mass is 395 g/mol. The molecule has 0 bridgehead atoms. The molecule has 140 valence electrons. The third-order valence-electron chi connectivity index (χ3n) is 4.36. The van der Waals surface area contributed by atoms with E-state index in [9.17, 15) is 9.59 Å². The van der Waals surface area contributed by atoms with Gasteiger partial charge in [-0.25, -0.2) is 4.98 Å². The largest absolute Gasteiger partial charge is 0.376 e. The zero-order chi connectivity index (χ0) is 18.8. The summed E-state index contributed by atoms with van der Waals surface area (Å²) in [5.74, 6) is -0.0286. The molecule has 8 heteroatoms. The van der Waals surface area contributed by atoms with Gasteiger partial charge in [-0.15, -0.1) is 0 Å². The molecule has 0 saturated carbocycles. The molecule has 2 aromatic rings. The summed E-state index contributed by atoms with van der Waals surface area (Å²) in [7, 11) is 3.43. The van der Waals surface area contributed by atoms with Crippen molar-refractivity contribution in [3.8, 4) is 0 Å². The summed E-state index contributed by atoms with van der Waals surface area (Å²) >= 11 is 7.35. The summed E-state index contributed by atoms with van der Waals surface area (Å²) in [6, 6.07) is 5.06. The Morgan fingerprint density at radius 1 is 1.50 bits per heavy atom. The van der Waals surface area contributed by atoms with Crippen LogP contribution >= 0.6 is 23.4 Å². The van der Waals surface area contributed by atoms with Crippen LogP contribution in [0.4, 0.5) is 0 Å². The van der Waals surface area contributed by atoms with E-state index >= 15 is 0 Å². The van der Waals surface area contributed by atoms with E-state index in [1.807, 2.05) is 6.92 Å². The second kappa shape index (κ2) is 7.98. The first kappa shape index (κ1) is 19.2. The van der Waals surface area contributed by atoms with Crippen LogP contribution in [-0.2, 0) is 16.1 Å². The number of hydrogen-bond donors (Lipinski definition) is 0. The molecule has 1 aliphatic heterocycles. The topological polar surface area (TPSA) is 64.4 Å². The van der Waals surface area contributed by atoms with E-state index in [-0.39, 0.29) is 22.8 Å². The van der Waals surface area contributed by atoms with Gasteiger partial charge in [-0.1, -0.05) is 23.4 Å². The van der Waals surface area contributed by atoms with Gasteiger partial charge in [-0.2, -0.15) is 0 Å². The summed E-state index contributed by atoms with van der Waals surface area (Å²) in [6.45, 7) is 2.97. The minimum absolute atomic E-state index is 0.00143. The van der Waals surface area contributed by atoms with Crippen LogP contribution in [0.5, 0.6) is 0 Å². The lowest BCUT2D eigenvalue weighted by atomic mass is 10.2. The number of amides is 1. The van der Waals surface area contributed by atoms with Crippen molar-refractivity contribution < 1.29 is 9.53 Å². The molecule has 0 N–H and O–H groups in total. The highest BCUT2D eigenvalue weighted by Gasteiger charge is 2.23. The summed E-state index contributed by atoms with van der Waals surface area (Å²) in [5.41, 5.74) is 0.410. The fourth-order valence-corrected chi connectivity index (χ4v) is 4.22. The highest BCUT2D eigenvalue weighted by molar-refractivity contribution is 8.00. The van der Waals surface area contributed by atoms with Crippen LogP contribution in [0.1, 0.15) is 19.8 Å². The third kappa shape index (κ3) is 4.05. The first-order chi connectivity index (χ1) is 12.4. The van der Waals surface area contributed by atoms with Gasteiger partial charge < -0.3 is 9.64 Å². The molecule has 0 spiro atoms. The SMILES string of the molecule is C[C@H](Sc1nc2cc(Cl)ccc2c(=O)n1C[C@@H]1CCCO1)C(=O)N(C)C. The van der Waals surface area contributed by atoms with E-state index in [4.69, 9.17) is 16.3 Å². The standard InChI is InChI=1S/C18H22ClN3O3S/c1-11(16(23)21(2)3)26-18-20-15-9-12(19)6-7-14(15)17(24)22(18)10-13-5-4-8-25-13/h6-7,9,11,13H,4-5,8,10H2,1-3H3/t11-,13-/m0/s1. The highest BCUT2D eigenvalue weighted by atomic mass is 35.5. The summed E-state index contributed by atoms with van der Waals surface area (Å²) in [4.78, 5) is 31.5. The second-order valence-electron chi connectivity index (χ2n) is 6.60. The van der Waals surface area contributed by atoms with Crippen molar-refractivity contribution in [2.24, 2.45) is 0 Å². The Kier molecular flexibility index (Phi) is 5.89. The van der Waals surface area contributed by atoms with Gasteiger partial charge in [-0.05, 0) is 38.0 Å². The van der Waals surface area contributed by atoms with Crippen molar-refractivity contribution in [3.63, 3.8) is 0 Å². The minimum Gasteiger partial charge on any atom is -0.376 e. The molecule has 0 unspecified atom stereocenters. The van der Waals surface area contributed by atoms with E-state index in [0.29, 0.717) is 34.2 Å². The van der Waals surface area contributed by atoms with Crippen LogP contribution in [0.2, 0.25) is 5.02 Å². The van der Waals surface area contributed by atoms with Gasteiger partial charge in [0, 0.05) is 25.7 Å². The summed E-state index contributed by atoms with van der Waals surface area (Å²) in [6.07, 6.45) is 1.91. The van der Waals surface area contributed by atoms with Crippen molar-refractivity contribution in [3.05, 3.63) is 33.6 Å². The van der Waals surface area contributed by atoms with Crippen molar-refractivity contribution >= 4 is 40.2 Å². The Morgan fingerprint density at radius 3 is 2.92 bits per heavy atom. The molecular weight excluding hydrogens is 374 g/mol. The Labute approximate surface area is 161 Å². The normalized spacial score (nSPS) is 18.2. The molecular formula is C18H22ClN3O3S. The Bertz CT molecular complexity index is 878. The third-order valence-corrected chi connectivity index (χ3v) is 5.68. The van der Waals surface area contributed by atoms with E-state index in [0.717, 1.165) is 12.8 Å². The zero-order valence-electron chi connectivity index (χ0n) is 15.1. The van der Waals surface area contributed by atoms with Crippen LogP contribution in [0, 0.1) is 0 Å². The average Bonchev–Trinajstić information content (AvgIpc) is 3.10. The Hall–Kier alpha value is -1.57. The maximum atomic E-state index is 13.0. The second-order valence-corrected chi connectivity index (χ2v) is 8.34. The van der Waals surface area contributed by atoms with E-state index < -0.39 is 0 Å². The van der Waals surface area contributed by atoms with Gasteiger partial charge in [0.2, 0.25) is 5.91 Å². The smallest absolute Gasteiger partial charge is 0.262 e. The number of carbonyl (C=O) groups is 1.